The number of hydrogen-bond acceptors (Lipinski definition) is 3. The number of aryl methyl sites for hydroxylation is 1. The van der Waals surface area contributed by atoms with Crippen molar-refractivity contribution >= 4 is 11.7 Å². The minimum Gasteiger partial charge on any atom is -0.468 e. The molecule has 5 nitrogen and oxygen atoms in total. The second-order valence-corrected chi connectivity index (χ2v) is 6.01. The van der Waals surface area contributed by atoms with Gasteiger partial charge in [-0.2, -0.15) is 13.2 Å². The molecule has 3 rings (SSSR count). The first-order valence-corrected chi connectivity index (χ1v) is 8.21. The summed E-state index contributed by atoms with van der Waals surface area (Å²) in [7, 11) is 0. The fraction of sp³-hybridized carbons (Fsp3) is 0.333. The SMILES string of the molecule is O=C(NCc1ccnc(OCC(F)(F)F)c1)Nc1cccc2c1CCC2. The number of hydrogen-bond donors (Lipinski definition) is 2. The van der Waals surface area contributed by atoms with Crippen molar-refractivity contribution in [3.8, 4) is 5.88 Å². The van der Waals surface area contributed by atoms with Crippen LogP contribution in [0.5, 0.6) is 5.88 Å². The Morgan fingerprint density at radius 1 is 1.23 bits per heavy atom. The lowest BCUT2D eigenvalue weighted by molar-refractivity contribution is -0.154. The van der Waals surface area contributed by atoms with Gasteiger partial charge in [0.25, 0.3) is 0 Å². The van der Waals surface area contributed by atoms with E-state index in [4.69, 9.17) is 0 Å². The quantitative estimate of drug-likeness (QED) is 0.846. The first kappa shape index (κ1) is 18.0. The van der Waals surface area contributed by atoms with Crippen LogP contribution in [0.2, 0.25) is 0 Å². The zero-order valence-corrected chi connectivity index (χ0v) is 13.9. The number of amides is 2. The molecule has 0 aliphatic heterocycles. The van der Waals surface area contributed by atoms with E-state index in [9.17, 15) is 18.0 Å². The molecule has 0 bridgehead atoms. The molecular weight excluding hydrogens is 347 g/mol. The second kappa shape index (κ2) is 7.63. The Balaban J connectivity index is 1.54. The van der Waals surface area contributed by atoms with Crippen LogP contribution in [0.4, 0.5) is 23.7 Å². The Hall–Kier alpha value is -2.77. The van der Waals surface area contributed by atoms with Crippen molar-refractivity contribution in [1.29, 1.82) is 0 Å². The van der Waals surface area contributed by atoms with Crippen LogP contribution in [0, 0.1) is 0 Å². The normalized spacial score (nSPS) is 13.2. The Morgan fingerprint density at radius 3 is 2.88 bits per heavy atom. The monoisotopic (exact) mass is 365 g/mol. The molecule has 8 heteroatoms. The molecule has 1 aliphatic rings. The van der Waals surface area contributed by atoms with Gasteiger partial charge in [0.15, 0.2) is 6.61 Å². The third-order valence-electron chi connectivity index (χ3n) is 4.03. The van der Waals surface area contributed by atoms with E-state index in [0.29, 0.717) is 5.56 Å². The molecule has 1 heterocycles. The number of pyridine rings is 1. The van der Waals surface area contributed by atoms with E-state index in [1.807, 2.05) is 12.1 Å². The van der Waals surface area contributed by atoms with Gasteiger partial charge in [-0.25, -0.2) is 9.78 Å². The molecule has 0 unspecified atom stereocenters. The van der Waals surface area contributed by atoms with Gasteiger partial charge in [-0.1, -0.05) is 12.1 Å². The van der Waals surface area contributed by atoms with Crippen LogP contribution in [0.25, 0.3) is 0 Å². The number of benzene rings is 1. The Labute approximate surface area is 148 Å². The lowest BCUT2D eigenvalue weighted by atomic mass is 10.1. The number of aromatic nitrogens is 1. The largest absolute Gasteiger partial charge is 0.468 e. The summed E-state index contributed by atoms with van der Waals surface area (Å²) in [6.07, 6.45) is -0.0515. The van der Waals surface area contributed by atoms with E-state index in [1.165, 1.54) is 17.8 Å². The first-order valence-electron chi connectivity index (χ1n) is 8.21. The molecule has 2 amide bonds. The molecule has 138 valence electrons. The average Bonchev–Trinajstić information content (AvgIpc) is 3.08. The zero-order valence-electron chi connectivity index (χ0n) is 13.9. The minimum atomic E-state index is -4.42. The van der Waals surface area contributed by atoms with E-state index in [1.54, 1.807) is 6.07 Å². The van der Waals surface area contributed by atoms with Gasteiger partial charge >= 0.3 is 12.2 Å². The van der Waals surface area contributed by atoms with E-state index in [-0.39, 0.29) is 18.5 Å². The number of halogens is 3. The van der Waals surface area contributed by atoms with Crippen molar-refractivity contribution in [2.45, 2.75) is 32.0 Å². The van der Waals surface area contributed by atoms with Gasteiger partial charge in [0, 0.05) is 24.5 Å². The summed E-state index contributed by atoms with van der Waals surface area (Å²) >= 11 is 0. The maximum Gasteiger partial charge on any atom is 0.422 e. The van der Waals surface area contributed by atoms with Crippen LogP contribution >= 0.6 is 0 Å². The van der Waals surface area contributed by atoms with Crippen LogP contribution in [0.1, 0.15) is 23.1 Å². The predicted molar refractivity (Wildman–Crippen MR) is 90.1 cm³/mol. The fourth-order valence-corrected chi connectivity index (χ4v) is 2.88. The fourth-order valence-electron chi connectivity index (χ4n) is 2.88. The van der Waals surface area contributed by atoms with Gasteiger partial charge in [-0.3, -0.25) is 0 Å². The van der Waals surface area contributed by atoms with E-state index in [0.717, 1.165) is 30.5 Å². The van der Waals surface area contributed by atoms with Crippen molar-refractivity contribution in [3.63, 3.8) is 0 Å². The standard InChI is InChI=1S/C18H18F3N3O2/c19-18(20,21)11-26-16-9-12(7-8-22-16)10-23-17(25)24-15-6-2-4-13-3-1-5-14(13)15/h2,4,6-9H,1,3,5,10-11H2,(H2,23,24,25). The number of rotatable bonds is 5. The van der Waals surface area contributed by atoms with Crippen LogP contribution in [-0.4, -0.2) is 23.8 Å². The van der Waals surface area contributed by atoms with Crippen LogP contribution in [-0.2, 0) is 19.4 Å². The van der Waals surface area contributed by atoms with Gasteiger partial charge in [-0.05, 0) is 48.1 Å². The third kappa shape index (κ3) is 4.87. The van der Waals surface area contributed by atoms with Gasteiger partial charge in [0.1, 0.15) is 0 Å². The van der Waals surface area contributed by atoms with E-state index in [2.05, 4.69) is 26.4 Å². The molecule has 1 aromatic carbocycles. The lowest BCUT2D eigenvalue weighted by Crippen LogP contribution is -2.28. The number of nitrogens with zero attached hydrogens (tertiary/aromatic N) is 1. The average molecular weight is 365 g/mol. The van der Waals surface area contributed by atoms with E-state index < -0.39 is 12.8 Å². The summed E-state index contributed by atoms with van der Waals surface area (Å²) in [4.78, 5) is 15.8. The Kier molecular flexibility index (Phi) is 5.29. The van der Waals surface area contributed by atoms with Gasteiger partial charge in [0.05, 0.1) is 0 Å². The van der Waals surface area contributed by atoms with Crippen molar-refractivity contribution < 1.29 is 22.7 Å². The van der Waals surface area contributed by atoms with Crippen molar-refractivity contribution in [1.82, 2.24) is 10.3 Å². The number of alkyl halides is 3. The van der Waals surface area contributed by atoms with Gasteiger partial charge in [0.2, 0.25) is 5.88 Å². The highest BCUT2D eigenvalue weighted by molar-refractivity contribution is 5.90. The van der Waals surface area contributed by atoms with Crippen molar-refractivity contribution in [3.05, 3.63) is 53.2 Å². The molecular formula is C18H18F3N3O2. The number of urea groups is 1. The number of carbonyl (C=O) groups excluding carboxylic acids is 1. The molecule has 0 saturated heterocycles. The molecule has 0 fully saturated rings. The third-order valence-corrected chi connectivity index (χ3v) is 4.03. The van der Waals surface area contributed by atoms with E-state index >= 15 is 0 Å². The molecule has 0 saturated carbocycles. The molecule has 2 N–H and O–H groups in total. The molecule has 2 aromatic rings. The lowest BCUT2D eigenvalue weighted by Gasteiger charge is -2.12. The highest BCUT2D eigenvalue weighted by atomic mass is 19.4. The smallest absolute Gasteiger partial charge is 0.422 e. The summed E-state index contributed by atoms with van der Waals surface area (Å²) < 4.78 is 41.1. The van der Waals surface area contributed by atoms with Crippen molar-refractivity contribution in [2.24, 2.45) is 0 Å². The molecule has 0 atom stereocenters. The van der Waals surface area contributed by atoms with Crippen LogP contribution in [0.15, 0.2) is 36.5 Å². The molecule has 0 spiro atoms. The van der Waals surface area contributed by atoms with Gasteiger partial charge in [-0.15, -0.1) is 0 Å². The maximum atomic E-state index is 12.2. The molecule has 0 radical (unpaired) electrons. The first-order chi connectivity index (χ1) is 12.4. The Morgan fingerprint density at radius 2 is 2.08 bits per heavy atom. The van der Waals surface area contributed by atoms with Gasteiger partial charge < -0.3 is 15.4 Å². The summed E-state index contributed by atoms with van der Waals surface area (Å²) in [5.74, 6) is -0.136. The molecule has 1 aliphatic carbocycles. The zero-order chi connectivity index (χ0) is 18.6. The predicted octanol–water partition coefficient (Wildman–Crippen LogP) is 3.83. The second-order valence-electron chi connectivity index (χ2n) is 6.01. The summed E-state index contributed by atoms with van der Waals surface area (Å²) in [6.45, 7) is -1.26. The Bertz CT molecular complexity index is 793. The van der Waals surface area contributed by atoms with Crippen LogP contribution in [0.3, 0.4) is 0 Å². The molecule has 1 aromatic heterocycles. The molecule has 26 heavy (non-hydrogen) atoms. The summed E-state index contributed by atoms with van der Waals surface area (Å²) in [5.41, 5.74) is 3.80. The number of nitrogens with one attached hydrogen (secondary N) is 2. The highest BCUT2D eigenvalue weighted by Crippen LogP contribution is 2.28. The maximum absolute atomic E-state index is 12.2. The summed E-state index contributed by atoms with van der Waals surface area (Å²) in [5, 5.41) is 5.51. The summed E-state index contributed by atoms with van der Waals surface area (Å²) in [6, 6.07) is 8.42. The van der Waals surface area contributed by atoms with Crippen LogP contribution < -0.4 is 15.4 Å². The highest BCUT2D eigenvalue weighted by Gasteiger charge is 2.28. The topological polar surface area (TPSA) is 63.2 Å². The van der Waals surface area contributed by atoms with Crippen molar-refractivity contribution in [2.75, 3.05) is 11.9 Å². The minimum absolute atomic E-state index is 0.136. The number of anilines is 1. The number of fused-ring (bicyclic) bond motifs is 1. The number of ether oxygens (including phenoxy) is 1. The number of carbonyl (C=O) groups is 1.